The van der Waals surface area contributed by atoms with Gasteiger partial charge in [0.05, 0.1) is 6.61 Å². The maximum atomic E-state index is 6.08. The Bertz CT molecular complexity index is 427. The molecule has 0 heterocycles. The van der Waals surface area contributed by atoms with E-state index >= 15 is 0 Å². The highest BCUT2D eigenvalue weighted by Gasteiger charge is 2.49. The molecular formula is C16H23NO. The van der Waals surface area contributed by atoms with Gasteiger partial charge in [0.15, 0.2) is 0 Å². The molecule has 2 fully saturated rings. The molecule has 2 aliphatic carbocycles. The van der Waals surface area contributed by atoms with E-state index < -0.39 is 0 Å². The molecule has 18 heavy (non-hydrogen) atoms. The molecule has 0 aliphatic heterocycles. The smallest absolute Gasteiger partial charge is 0.0559 e. The van der Waals surface area contributed by atoms with E-state index in [1.807, 2.05) is 7.11 Å². The Labute approximate surface area is 110 Å². The highest BCUT2D eigenvalue weighted by Crippen LogP contribution is 2.54. The highest BCUT2D eigenvalue weighted by atomic mass is 16.5. The lowest BCUT2D eigenvalue weighted by Crippen LogP contribution is -2.43. The van der Waals surface area contributed by atoms with Crippen molar-refractivity contribution in [2.75, 3.05) is 20.3 Å². The fourth-order valence-electron chi connectivity index (χ4n) is 3.51. The van der Waals surface area contributed by atoms with Gasteiger partial charge in [-0.05, 0) is 36.8 Å². The molecule has 3 rings (SSSR count). The van der Waals surface area contributed by atoms with E-state index in [-0.39, 0.29) is 5.41 Å². The van der Waals surface area contributed by atoms with Crippen LogP contribution in [-0.4, -0.2) is 20.3 Å². The van der Waals surface area contributed by atoms with Crippen LogP contribution in [0.5, 0.6) is 0 Å². The monoisotopic (exact) mass is 245 g/mol. The van der Waals surface area contributed by atoms with Crippen molar-refractivity contribution in [3.05, 3.63) is 35.4 Å². The predicted octanol–water partition coefficient (Wildman–Crippen LogP) is 2.75. The Morgan fingerprint density at radius 2 is 1.67 bits per heavy atom. The van der Waals surface area contributed by atoms with Crippen LogP contribution >= 0.6 is 0 Å². The quantitative estimate of drug-likeness (QED) is 0.865. The molecule has 2 N–H and O–H groups in total. The van der Waals surface area contributed by atoms with Crippen LogP contribution in [-0.2, 0) is 15.6 Å². The average molecular weight is 245 g/mol. The fourth-order valence-corrected chi connectivity index (χ4v) is 3.51. The number of methoxy groups -OCH3 is 1. The Hall–Kier alpha value is -0.860. The van der Waals surface area contributed by atoms with E-state index in [9.17, 15) is 0 Å². The fraction of sp³-hybridized carbons (Fsp3) is 0.625. The van der Waals surface area contributed by atoms with E-state index in [2.05, 4.69) is 24.3 Å². The van der Waals surface area contributed by atoms with Gasteiger partial charge in [-0.2, -0.15) is 0 Å². The van der Waals surface area contributed by atoms with E-state index in [1.54, 1.807) is 0 Å². The zero-order valence-corrected chi connectivity index (χ0v) is 11.2. The topological polar surface area (TPSA) is 35.2 Å². The largest absolute Gasteiger partial charge is 0.384 e. The van der Waals surface area contributed by atoms with Gasteiger partial charge in [-0.1, -0.05) is 30.7 Å². The van der Waals surface area contributed by atoms with Crippen molar-refractivity contribution in [2.45, 2.75) is 42.9 Å². The summed E-state index contributed by atoms with van der Waals surface area (Å²) in [5, 5.41) is 0. The minimum atomic E-state index is 0.264. The molecule has 0 amide bonds. The summed E-state index contributed by atoms with van der Waals surface area (Å²) in [6.07, 6.45) is 6.35. The maximum absolute atomic E-state index is 6.08. The summed E-state index contributed by atoms with van der Waals surface area (Å²) >= 11 is 0. The molecule has 2 saturated carbocycles. The van der Waals surface area contributed by atoms with Crippen molar-refractivity contribution < 1.29 is 4.74 Å². The van der Waals surface area contributed by atoms with Gasteiger partial charge in [-0.15, -0.1) is 0 Å². The second kappa shape index (κ2) is 4.36. The first-order valence-electron chi connectivity index (χ1n) is 7.05. The minimum absolute atomic E-state index is 0.264. The summed E-state index contributed by atoms with van der Waals surface area (Å²) in [6, 6.07) is 8.93. The molecule has 0 atom stereocenters. The first-order chi connectivity index (χ1) is 8.76. The van der Waals surface area contributed by atoms with Crippen LogP contribution in [0.2, 0.25) is 0 Å². The molecule has 0 bridgehead atoms. The molecule has 2 heteroatoms. The normalized spacial score (nSPS) is 23.4. The lowest BCUT2D eigenvalue weighted by molar-refractivity contribution is 0.168. The summed E-state index contributed by atoms with van der Waals surface area (Å²) < 4.78 is 5.45. The molecule has 0 saturated heterocycles. The number of rotatable bonds is 5. The van der Waals surface area contributed by atoms with Crippen LogP contribution in [0.25, 0.3) is 0 Å². The molecular weight excluding hydrogens is 222 g/mol. The number of nitrogens with two attached hydrogens (primary N) is 1. The zero-order valence-electron chi connectivity index (χ0n) is 11.2. The van der Waals surface area contributed by atoms with Crippen LogP contribution in [0.15, 0.2) is 24.3 Å². The van der Waals surface area contributed by atoms with Crippen LogP contribution in [0.4, 0.5) is 0 Å². The van der Waals surface area contributed by atoms with Gasteiger partial charge in [0.25, 0.3) is 0 Å². The second-order valence-electron chi connectivity index (χ2n) is 6.10. The third-order valence-electron chi connectivity index (χ3n) is 5.05. The standard InChI is InChI=1S/C16H23NO/c1-18-12-16(9-10-16)14-6-3-2-5-13(14)15(11-17)7-4-8-15/h2-3,5-6H,4,7-12,17H2,1H3. The van der Waals surface area contributed by atoms with Crippen LogP contribution in [0.3, 0.4) is 0 Å². The van der Waals surface area contributed by atoms with Crippen molar-refractivity contribution >= 4 is 0 Å². The molecule has 1 aromatic carbocycles. The van der Waals surface area contributed by atoms with E-state index in [0.717, 1.165) is 13.2 Å². The van der Waals surface area contributed by atoms with Crippen LogP contribution < -0.4 is 5.73 Å². The molecule has 98 valence electrons. The SMILES string of the molecule is COCC1(c2ccccc2C2(CN)CCC2)CC1. The van der Waals surface area contributed by atoms with Crippen LogP contribution in [0, 0.1) is 0 Å². The lowest BCUT2D eigenvalue weighted by atomic mass is 9.62. The van der Waals surface area contributed by atoms with Gasteiger partial charge >= 0.3 is 0 Å². The second-order valence-corrected chi connectivity index (χ2v) is 6.10. The highest BCUT2D eigenvalue weighted by molar-refractivity contribution is 5.44. The Balaban J connectivity index is 2.00. The third kappa shape index (κ3) is 1.70. The summed E-state index contributed by atoms with van der Waals surface area (Å²) in [5.74, 6) is 0. The number of benzene rings is 1. The lowest BCUT2D eigenvalue weighted by Gasteiger charge is -2.43. The van der Waals surface area contributed by atoms with Crippen molar-refractivity contribution in [1.29, 1.82) is 0 Å². The van der Waals surface area contributed by atoms with Crippen molar-refractivity contribution in [2.24, 2.45) is 5.73 Å². The molecule has 0 unspecified atom stereocenters. The van der Waals surface area contributed by atoms with Crippen molar-refractivity contribution in [3.63, 3.8) is 0 Å². The first-order valence-corrected chi connectivity index (χ1v) is 7.05. The third-order valence-corrected chi connectivity index (χ3v) is 5.05. The molecule has 0 radical (unpaired) electrons. The summed E-state index contributed by atoms with van der Waals surface area (Å²) in [6.45, 7) is 1.64. The number of hydrogen-bond acceptors (Lipinski definition) is 2. The van der Waals surface area contributed by atoms with Crippen molar-refractivity contribution in [3.8, 4) is 0 Å². The first kappa shape index (κ1) is 12.2. The van der Waals surface area contributed by atoms with Gasteiger partial charge in [0.2, 0.25) is 0 Å². The van der Waals surface area contributed by atoms with E-state index in [0.29, 0.717) is 5.41 Å². The predicted molar refractivity (Wildman–Crippen MR) is 73.8 cm³/mol. The van der Waals surface area contributed by atoms with Gasteiger partial charge in [0, 0.05) is 24.5 Å². The summed E-state index contributed by atoms with van der Waals surface area (Å²) in [5.41, 5.74) is 9.65. The molecule has 0 aromatic heterocycles. The zero-order chi connectivity index (χ0) is 12.6. The van der Waals surface area contributed by atoms with Gasteiger partial charge in [-0.3, -0.25) is 0 Å². The molecule has 2 nitrogen and oxygen atoms in total. The van der Waals surface area contributed by atoms with Crippen molar-refractivity contribution in [1.82, 2.24) is 0 Å². The number of ether oxygens (including phenoxy) is 1. The van der Waals surface area contributed by atoms with E-state index in [4.69, 9.17) is 10.5 Å². The summed E-state index contributed by atoms with van der Waals surface area (Å²) in [7, 11) is 1.81. The maximum Gasteiger partial charge on any atom is 0.0559 e. The Morgan fingerprint density at radius 3 is 2.06 bits per heavy atom. The minimum Gasteiger partial charge on any atom is -0.384 e. The number of hydrogen-bond donors (Lipinski definition) is 1. The Morgan fingerprint density at radius 1 is 1.06 bits per heavy atom. The average Bonchev–Trinajstić information content (AvgIpc) is 3.11. The molecule has 0 spiro atoms. The molecule has 1 aromatic rings. The van der Waals surface area contributed by atoms with Gasteiger partial charge in [0.1, 0.15) is 0 Å². The van der Waals surface area contributed by atoms with Crippen LogP contribution in [0.1, 0.15) is 43.2 Å². The van der Waals surface area contributed by atoms with Gasteiger partial charge < -0.3 is 10.5 Å². The van der Waals surface area contributed by atoms with E-state index in [1.165, 1.54) is 43.2 Å². The summed E-state index contributed by atoms with van der Waals surface area (Å²) in [4.78, 5) is 0. The Kier molecular flexibility index (Phi) is 2.95. The molecule has 2 aliphatic rings. The van der Waals surface area contributed by atoms with Gasteiger partial charge in [-0.25, -0.2) is 0 Å².